The number of amides is 1. The van der Waals surface area contributed by atoms with Gasteiger partial charge in [-0.3, -0.25) is 19.7 Å². The average molecular weight is 353 g/mol. The maximum atomic E-state index is 12.6. The van der Waals surface area contributed by atoms with Gasteiger partial charge in [-0.2, -0.15) is 0 Å². The lowest BCUT2D eigenvalue weighted by atomic mass is 10.1. The third-order valence-corrected chi connectivity index (χ3v) is 4.00. The minimum atomic E-state index is -0.604. The molecular weight excluding hydrogens is 338 g/mol. The molecule has 2 aromatic carbocycles. The summed E-state index contributed by atoms with van der Waals surface area (Å²) in [7, 11) is 1.49. The van der Waals surface area contributed by atoms with Crippen LogP contribution in [0.2, 0.25) is 0 Å². The quantitative estimate of drug-likeness (QED) is 0.553. The van der Waals surface area contributed by atoms with Gasteiger partial charge in [-0.25, -0.2) is 0 Å². The van der Waals surface area contributed by atoms with E-state index in [4.69, 9.17) is 4.74 Å². The van der Waals surface area contributed by atoms with E-state index < -0.39 is 16.3 Å². The number of benzene rings is 2. The number of pyridine rings is 1. The summed E-state index contributed by atoms with van der Waals surface area (Å²) in [5.74, 6) is -0.0975. The lowest BCUT2D eigenvalue weighted by molar-refractivity contribution is -0.384. The van der Waals surface area contributed by atoms with Crippen molar-refractivity contribution in [1.82, 2.24) is 4.98 Å². The van der Waals surface area contributed by atoms with Crippen molar-refractivity contribution in [3.05, 3.63) is 74.1 Å². The van der Waals surface area contributed by atoms with E-state index in [0.717, 1.165) is 0 Å². The van der Waals surface area contributed by atoms with Crippen LogP contribution in [0.3, 0.4) is 0 Å². The van der Waals surface area contributed by atoms with E-state index in [9.17, 15) is 19.7 Å². The second-order valence-corrected chi connectivity index (χ2v) is 5.65. The van der Waals surface area contributed by atoms with Gasteiger partial charge in [0.05, 0.1) is 12.0 Å². The monoisotopic (exact) mass is 353 g/mol. The SMILES string of the molecule is COc1ccc2[nH]cc(C(=O)Nc3ccc([N+](=O)[O-])cc3C)c(=O)c2c1. The predicted octanol–water partition coefficient (Wildman–Crippen LogP) is 3.01. The number of rotatable bonds is 4. The first-order valence-electron chi connectivity index (χ1n) is 7.66. The Labute approximate surface area is 147 Å². The molecule has 8 nitrogen and oxygen atoms in total. The van der Waals surface area contributed by atoms with Crippen molar-refractivity contribution in [2.45, 2.75) is 6.92 Å². The Morgan fingerprint density at radius 1 is 1.23 bits per heavy atom. The number of H-pyrrole nitrogens is 1. The van der Waals surface area contributed by atoms with Crippen LogP contribution in [0.15, 0.2) is 47.4 Å². The zero-order chi connectivity index (χ0) is 18.8. The van der Waals surface area contributed by atoms with E-state index in [1.165, 1.54) is 31.5 Å². The Balaban J connectivity index is 1.96. The summed E-state index contributed by atoms with van der Waals surface area (Å²) in [5, 5.41) is 13.7. The minimum Gasteiger partial charge on any atom is -0.497 e. The molecular formula is C18H15N3O5. The van der Waals surface area contributed by atoms with Gasteiger partial charge in [0.1, 0.15) is 11.3 Å². The number of hydrogen-bond acceptors (Lipinski definition) is 5. The number of nitro groups is 1. The lowest BCUT2D eigenvalue weighted by Crippen LogP contribution is -2.22. The third-order valence-electron chi connectivity index (χ3n) is 4.00. The molecule has 132 valence electrons. The Morgan fingerprint density at radius 2 is 2.00 bits per heavy atom. The molecule has 0 aliphatic carbocycles. The topological polar surface area (TPSA) is 114 Å². The normalized spacial score (nSPS) is 10.5. The molecule has 0 spiro atoms. The van der Waals surface area contributed by atoms with Crippen LogP contribution < -0.4 is 15.5 Å². The minimum absolute atomic E-state index is 0.0662. The number of methoxy groups -OCH3 is 1. The van der Waals surface area contributed by atoms with Crippen LogP contribution in [0.5, 0.6) is 5.75 Å². The molecule has 0 aliphatic rings. The molecule has 0 atom stereocenters. The van der Waals surface area contributed by atoms with E-state index in [0.29, 0.717) is 27.9 Å². The third kappa shape index (κ3) is 3.12. The molecule has 0 bridgehead atoms. The highest BCUT2D eigenvalue weighted by Crippen LogP contribution is 2.22. The summed E-state index contributed by atoms with van der Waals surface area (Å²) < 4.78 is 5.11. The van der Waals surface area contributed by atoms with E-state index in [1.807, 2.05) is 0 Å². The first-order valence-corrected chi connectivity index (χ1v) is 7.66. The van der Waals surface area contributed by atoms with Gasteiger partial charge in [0.25, 0.3) is 11.6 Å². The van der Waals surface area contributed by atoms with Gasteiger partial charge < -0.3 is 15.0 Å². The Hall–Kier alpha value is -3.68. The van der Waals surface area contributed by atoms with Crippen molar-refractivity contribution < 1.29 is 14.5 Å². The number of fused-ring (bicyclic) bond motifs is 1. The fourth-order valence-corrected chi connectivity index (χ4v) is 2.58. The van der Waals surface area contributed by atoms with Gasteiger partial charge >= 0.3 is 0 Å². The number of non-ortho nitro benzene ring substituents is 1. The molecule has 8 heteroatoms. The van der Waals surface area contributed by atoms with E-state index >= 15 is 0 Å². The van der Waals surface area contributed by atoms with Gasteiger partial charge in [0.15, 0.2) is 0 Å². The van der Waals surface area contributed by atoms with Crippen molar-refractivity contribution in [2.75, 3.05) is 12.4 Å². The zero-order valence-electron chi connectivity index (χ0n) is 14.0. The summed E-state index contributed by atoms with van der Waals surface area (Å²) in [6.07, 6.45) is 1.34. The number of nitrogens with one attached hydrogen (secondary N) is 2. The smallest absolute Gasteiger partial charge is 0.269 e. The number of aryl methyl sites for hydroxylation is 1. The number of nitro benzene ring substituents is 1. The van der Waals surface area contributed by atoms with Gasteiger partial charge in [0, 0.05) is 34.9 Å². The van der Waals surface area contributed by atoms with Crippen LogP contribution in [-0.2, 0) is 0 Å². The number of nitrogens with zero attached hydrogens (tertiary/aromatic N) is 1. The highest BCUT2D eigenvalue weighted by atomic mass is 16.6. The molecule has 1 heterocycles. The molecule has 0 fully saturated rings. The van der Waals surface area contributed by atoms with Gasteiger partial charge in [-0.15, -0.1) is 0 Å². The highest BCUT2D eigenvalue weighted by Gasteiger charge is 2.16. The standard InChI is InChI=1S/C18H15N3O5/c1-10-7-11(21(24)25)3-5-15(10)20-18(23)14-9-19-16-6-4-12(26-2)8-13(16)17(14)22/h3-9H,1-2H3,(H,19,22)(H,20,23). The van der Waals surface area contributed by atoms with Crippen LogP contribution in [0.4, 0.5) is 11.4 Å². The number of aromatic nitrogens is 1. The average Bonchev–Trinajstić information content (AvgIpc) is 2.63. The van der Waals surface area contributed by atoms with Gasteiger partial charge in [-0.05, 0) is 36.8 Å². The molecule has 0 radical (unpaired) electrons. The largest absolute Gasteiger partial charge is 0.497 e. The molecule has 3 aromatic rings. The molecule has 0 aliphatic heterocycles. The number of carbonyl (C=O) groups excluding carboxylic acids is 1. The zero-order valence-corrected chi connectivity index (χ0v) is 14.0. The second-order valence-electron chi connectivity index (χ2n) is 5.65. The summed E-state index contributed by atoms with van der Waals surface area (Å²) >= 11 is 0. The van der Waals surface area contributed by atoms with Gasteiger partial charge in [-0.1, -0.05) is 0 Å². The Bertz CT molecular complexity index is 1090. The predicted molar refractivity (Wildman–Crippen MR) is 96.9 cm³/mol. The molecule has 0 saturated carbocycles. The van der Waals surface area contributed by atoms with Crippen LogP contribution >= 0.6 is 0 Å². The fraction of sp³-hybridized carbons (Fsp3) is 0.111. The van der Waals surface area contributed by atoms with Crippen molar-refractivity contribution in [3.8, 4) is 5.75 Å². The molecule has 3 rings (SSSR count). The molecule has 1 amide bonds. The summed E-state index contributed by atoms with van der Waals surface area (Å²) in [6, 6.07) is 9.03. The van der Waals surface area contributed by atoms with Crippen LogP contribution in [0.1, 0.15) is 15.9 Å². The summed E-state index contributed by atoms with van der Waals surface area (Å²) in [4.78, 5) is 38.3. The van der Waals surface area contributed by atoms with Crippen LogP contribution in [0.25, 0.3) is 10.9 Å². The Morgan fingerprint density at radius 3 is 2.65 bits per heavy atom. The Kier molecular flexibility index (Phi) is 4.40. The molecule has 2 N–H and O–H groups in total. The fourth-order valence-electron chi connectivity index (χ4n) is 2.58. The molecule has 1 aromatic heterocycles. The summed E-state index contributed by atoms with van der Waals surface area (Å²) in [6.45, 7) is 1.64. The lowest BCUT2D eigenvalue weighted by Gasteiger charge is -2.09. The number of ether oxygens (including phenoxy) is 1. The first kappa shape index (κ1) is 17.2. The number of anilines is 1. The van der Waals surface area contributed by atoms with Crippen molar-refractivity contribution in [2.24, 2.45) is 0 Å². The number of carbonyl (C=O) groups is 1. The van der Waals surface area contributed by atoms with Crippen molar-refractivity contribution in [3.63, 3.8) is 0 Å². The molecule has 26 heavy (non-hydrogen) atoms. The first-order chi connectivity index (χ1) is 12.4. The number of aromatic amines is 1. The van der Waals surface area contributed by atoms with E-state index in [2.05, 4.69) is 10.3 Å². The van der Waals surface area contributed by atoms with E-state index in [1.54, 1.807) is 25.1 Å². The number of hydrogen-bond donors (Lipinski definition) is 2. The van der Waals surface area contributed by atoms with E-state index in [-0.39, 0.29) is 11.3 Å². The molecule has 0 saturated heterocycles. The maximum absolute atomic E-state index is 12.6. The molecule has 0 unspecified atom stereocenters. The van der Waals surface area contributed by atoms with Crippen LogP contribution in [0, 0.1) is 17.0 Å². The summed E-state index contributed by atoms with van der Waals surface area (Å²) in [5.41, 5.74) is 0.922. The highest BCUT2D eigenvalue weighted by molar-refractivity contribution is 6.06. The van der Waals surface area contributed by atoms with Crippen molar-refractivity contribution in [1.29, 1.82) is 0 Å². The maximum Gasteiger partial charge on any atom is 0.269 e. The van der Waals surface area contributed by atoms with Crippen LogP contribution in [-0.4, -0.2) is 22.9 Å². The van der Waals surface area contributed by atoms with Crippen molar-refractivity contribution >= 4 is 28.2 Å². The second kappa shape index (κ2) is 6.67. The van der Waals surface area contributed by atoms with Gasteiger partial charge in [0.2, 0.25) is 5.43 Å².